The molecule has 3 nitrogen and oxygen atoms in total. The van der Waals surface area contributed by atoms with Crippen LogP contribution in [0.15, 0.2) is 18.2 Å². The van der Waals surface area contributed by atoms with E-state index in [4.69, 9.17) is 4.74 Å². The molecule has 0 amide bonds. The fourth-order valence-corrected chi connectivity index (χ4v) is 3.16. The molecule has 0 spiro atoms. The molecule has 1 N–H and O–H groups in total. The zero-order chi connectivity index (χ0) is 12.2. The summed E-state index contributed by atoms with van der Waals surface area (Å²) in [6.45, 7) is 4.76. The molecule has 17 heavy (non-hydrogen) atoms. The molecule has 0 aromatic heterocycles. The summed E-state index contributed by atoms with van der Waals surface area (Å²) in [7, 11) is 0. The summed E-state index contributed by atoms with van der Waals surface area (Å²) in [4.78, 5) is 11.2. The molecule has 0 saturated heterocycles. The number of benzene rings is 1. The van der Waals surface area contributed by atoms with Crippen molar-refractivity contribution in [2.45, 2.75) is 26.2 Å². The first-order chi connectivity index (χ1) is 8.03. The lowest BCUT2D eigenvalue weighted by Crippen LogP contribution is -2.03. The smallest absolute Gasteiger partial charge is 0.307 e. The number of carbonyl (C=O) groups is 1. The Morgan fingerprint density at radius 2 is 2.24 bits per heavy atom. The molecule has 1 aliphatic carbocycles. The van der Waals surface area contributed by atoms with Gasteiger partial charge in [-0.05, 0) is 16.5 Å². The van der Waals surface area contributed by atoms with Gasteiger partial charge in [0, 0.05) is 12.3 Å². The highest BCUT2D eigenvalue weighted by molar-refractivity contribution is 5.78. The second-order valence-corrected chi connectivity index (χ2v) is 5.55. The summed E-state index contributed by atoms with van der Waals surface area (Å²) in [6, 6.07) is 6.09. The summed E-state index contributed by atoms with van der Waals surface area (Å²) >= 11 is 0. The highest BCUT2D eigenvalue weighted by Gasteiger charge is 2.63. The summed E-state index contributed by atoms with van der Waals surface area (Å²) in [5, 5.41) is 9.23. The first kappa shape index (κ1) is 10.6. The molecule has 1 heterocycles. The van der Waals surface area contributed by atoms with Crippen LogP contribution in [0.2, 0.25) is 0 Å². The van der Waals surface area contributed by atoms with Crippen LogP contribution in [0.4, 0.5) is 0 Å². The average Bonchev–Trinajstić information content (AvgIpc) is 2.65. The third kappa shape index (κ3) is 1.38. The van der Waals surface area contributed by atoms with E-state index in [0.29, 0.717) is 0 Å². The van der Waals surface area contributed by atoms with Gasteiger partial charge in [-0.15, -0.1) is 0 Å². The predicted octanol–water partition coefficient (Wildman–Crippen LogP) is 2.45. The molecular weight excluding hydrogens is 216 g/mol. The number of carboxylic acid groups (broad SMARTS) is 1. The Hall–Kier alpha value is -1.51. The summed E-state index contributed by atoms with van der Waals surface area (Å²) < 4.78 is 5.66. The SMILES string of the molecule is CC1(C)C(C(=O)O)C1c1cccc2c1OCC2. The van der Waals surface area contributed by atoms with E-state index in [0.717, 1.165) is 24.3 Å². The van der Waals surface area contributed by atoms with Gasteiger partial charge in [0.15, 0.2) is 0 Å². The fourth-order valence-electron chi connectivity index (χ4n) is 3.16. The van der Waals surface area contributed by atoms with Crippen molar-refractivity contribution in [3.63, 3.8) is 0 Å². The first-order valence-electron chi connectivity index (χ1n) is 6.01. The highest BCUT2D eigenvalue weighted by atomic mass is 16.5. The van der Waals surface area contributed by atoms with Crippen LogP contribution in [0.3, 0.4) is 0 Å². The maximum Gasteiger partial charge on any atom is 0.307 e. The first-order valence-corrected chi connectivity index (χ1v) is 6.01. The minimum atomic E-state index is -0.699. The van der Waals surface area contributed by atoms with E-state index in [1.54, 1.807) is 0 Å². The average molecular weight is 232 g/mol. The van der Waals surface area contributed by atoms with E-state index in [2.05, 4.69) is 6.07 Å². The van der Waals surface area contributed by atoms with E-state index < -0.39 is 5.97 Å². The van der Waals surface area contributed by atoms with Gasteiger partial charge in [0.05, 0.1) is 12.5 Å². The van der Waals surface area contributed by atoms with Crippen molar-refractivity contribution < 1.29 is 14.6 Å². The van der Waals surface area contributed by atoms with Gasteiger partial charge in [-0.3, -0.25) is 4.79 Å². The maximum absolute atomic E-state index is 11.2. The largest absolute Gasteiger partial charge is 0.493 e. The Labute approximate surface area is 100 Å². The molecule has 0 bridgehead atoms. The molecular formula is C14H16O3. The summed E-state index contributed by atoms with van der Waals surface area (Å²) in [5.41, 5.74) is 2.14. The van der Waals surface area contributed by atoms with Crippen LogP contribution in [0.25, 0.3) is 0 Å². The number of aliphatic carboxylic acids is 1. The molecule has 1 aliphatic heterocycles. The molecule has 1 aromatic rings. The van der Waals surface area contributed by atoms with Gasteiger partial charge in [0.1, 0.15) is 5.75 Å². The Morgan fingerprint density at radius 1 is 1.47 bits per heavy atom. The molecule has 1 aromatic carbocycles. The molecule has 2 unspecified atom stereocenters. The second kappa shape index (κ2) is 3.25. The Balaban J connectivity index is 2.02. The van der Waals surface area contributed by atoms with Gasteiger partial charge in [-0.2, -0.15) is 0 Å². The molecule has 2 atom stereocenters. The van der Waals surface area contributed by atoms with Crippen molar-refractivity contribution in [2.24, 2.45) is 11.3 Å². The molecule has 3 rings (SSSR count). The van der Waals surface area contributed by atoms with E-state index in [-0.39, 0.29) is 17.3 Å². The van der Waals surface area contributed by atoms with Crippen molar-refractivity contribution in [2.75, 3.05) is 6.61 Å². The van der Waals surface area contributed by atoms with Crippen molar-refractivity contribution in [3.05, 3.63) is 29.3 Å². The number of fused-ring (bicyclic) bond motifs is 1. The number of rotatable bonds is 2. The van der Waals surface area contributed by atoms with E-state index in [1.807, 2.05) is 26.0 Å². The number of ether oxygens (including phenoxy) is 1. The predicted molar refractivity (Wildman–Crippen MR) is 63.3 cm³/mol. The minimum absolute atomic E-state index is 0.0908. The van der Waals surface area contributed by atoms with Crippen molar-refractivity contribution in [1.82, 2.24) is 0 Å². The van der Waals surface area contributed by atoms with E-state index in [1.165, 1.54) is 5.56 Å². The topological polar surface area (TPSA) is 46.5 Å². The van der Waals surface area contributed by atoms with Gasteiger partial charge in [-0.25, -0.2) is 0 Å². The van der Waals surface area contributed by atoms with E-state index in [9.17, 15) is 9.90 Å². The lowest BCUT2D eigenvalue weighted by atomic mass is 9.99. The lowest BCUT2D eigenvalue weighted by molar-refractivity contribution is -0.139. The van der Waals surface area contributed by atoms with Crippen LogP contribution < -0.4 is 4.74 Å². The molecule has 1 fully saturated rings. The fraction of sp³-hybridized carbons (Fsp3) is 0.500. The number of hydrogen-bond acceptors (Lipinski definition) is 2. The molecule has 2 aliphatic rings. The Bertz CT molecular complexity index is 490. The molecule has 3 heteroatoms. The maximum atomic E-state index is 11.2. The van der Waals surface area contributed by atoms with Crippen LogP contribution in [0.5, 0.6) is 5.75 Å². The van der Waals surface area contributed by atoms with Gasteiger partial charge in [-0.1, -0.05) is 32.0 Å². The second-order valence-electron chi connectivity index (χ2n) is 5.55. The molecule has 0 radical (unpaired) electrons. The van der Waals surface area contributed by atoms with Crippen LogP contribution in [-0.2, 0) is 11.2 Å². The number of hydrogen-bond donors (Lipinski definition) is 1. The zero-order valence-corrected chi connectivity index (χ0v) is 10.1. The van der Waals surface area contributed by atoms with Crippen molar-refractivity contribution >= 4 is 5.97 Å². The number of para-hydroxylation sites is 1. The summed E-state index contributed by atoms with van der Waals surface area (Å²) in [6.07, 6.45) is 0.939. The zero-order valence-electron chi connectivity index (χ0n) is 10.1. The lowest BCUT2D eigenvalue weighted by Gasteiger charge is -2.08. The van der Waals surface area contributed by atoms with Gasteiger partial charge < -0.3 is 9.84 Å². The normalized spacial score (nSPS) is 28.4. The standard InChI is InChI=1S/C14H16O3/c1-14(2)10(11(14)13(15)16)9-5-3-4-8-6-7-17-12(8)9/h3-5,10-11H,6-7H2,1-2H3,(H,15,16). The van der Waals surface area contributed by atoms with Crippen molar-refractivity contribution in [3.8, 4) is 5.75 Å². The Morgan fingerprint density at radius 3 is 2.88 bits per heavy atom. The quantitative estimate of drug-likeness (QED) is 0.852. The monoisotopic (exact) mass is 232 g/mol. The third-order valence-electron chi connectivity index (χ3n) is 4.17. The third-order valence-corrected chi connectivity index (χ3v) is 4.17. The van der Waals surface area contributed by atoms with Gasteiger partial charge in [0.2, 0.25) is 0 Å². The van der Waals surface area contributed by atoms with Crippen LogP contribution in [-0.4, -0.2) is 17.7 Å². The van der Waals surface area contributed by atoms with Gasteiger partial charge >= 0.3 is 5.97 Å². The van der Waals surface area contributed by atoms with Crippen molar-refractivity contribution in [1.29, 1.82) is 0 Å². The van der Waals surface area contributed by atoms with Gasteiger partial charge in [0.25, 0.3) is 0 Å². The van der Waals surface area contributed by atoms with Crippen LogP contribution >= 0.6 is 0 Å². The summed E-state index contributed by atoms with van der Waals surface area (Å²) in [5.74, 6) is 0.0520. The van der Waals surface area contributed by atoms with E-state index >= 15 is 0 Å². The highest BCUT2D eigenvalue weighted by Crippen LogP contribution is 2.66. The number of carboxylic acids is 1. The van der Waals surface area contributed by atoms with Crippen LogP contribution in [0, 0.1) is 11.3 Å². The Kier molecular flexibility index (Phi) is 2.03. The van der Waals surface area contributed by atoms with Crippen LogP contribution in [0.1, 0.15) is 30.9 Å². The molecule has 90 valence electrons. The minimum Gasteiger partial charge on any atom is -0.493 e. The molecule has 1 saturated carbocycles.